The highest BCUT2D eigenvalue weighted by atomic mass is 32.2. The lowest BCUT2D eigenvalue weighted by molar-refractivity contribution is 0.0989. The molecule has 6 nitrogen and oxygen atoms in total. The van der Waals surface area contributed by atoms with Gasteiger partial charge >= 0.3 is 0 Å². The third-order valence-corrected chi connectivity index (χ3v) is 5.89. The minimum atomic E-state index is -3.62. The Kier molecular flexibility index (Phi) is 5.27. The summed E-state index contributed by atoms with van der Waals surface area (Å²) < 4.78 is 44.0. The Morgan fingerprint density at radius 3 is 2.17 bits per heavy atom. The summed E-state index contributed by atoms with van der Waals surface area (Å²) in [5.41, 5.74) is 1.61. The molecule has 1 unspecified atom stereocenters. The van der Waals surface area contributed by atoms with Crippen molar-refractivity contribution < 1.29 is 22.2 Å². The van der Waals surface area contributed by atoms with Gasteiger partial charge < -0.3 is 4.74 Å². The number of hydrogen-bond acceptors (Lipinski definition) is 5. The van der Waals surface area contributed by atoms with Crippen LogP contribution in [0.1, 0.15) is 27.4 Å². The SMILES string of the molecule is CS(=O)(=O)Nc1cc2c(cc1Oc1ccccc1)C(=O)C(c1ccccc1)C2=S=O. The lowest BCUT2D eigenvalue weighted by Gasteiger charge is -2.14. The van der Waals surface area contributed by atoms with Crippen LogP contribution in [-0.2, 0) is 21.3 Å². The second-order valence-electron chi connectivity index (χ2n) is 6.84. The average molecular weight is 440 g/mol. The van der Waals surface area contributed by atoms with Crippen LogP contribution in [0.4, 0.5) is 5.69 Å². The summed E-state index contributed by atoms with van der Waals surface area (Å²) in [6, 6.07) is 20.8. The van der Waals surface area contributed by atoms with E-state index in [1.54, 1.807) is 48.5 Å². The van der Waals surface area contributed by atoms with Gasteiger partial charge in [-0.15, -0.1) is 0 Å². The van der Waals surface area contributed by atoms with Gasteiger partial charge in [0.1, 0.15) is 5.75 Å². The third kappa shape index (κ3) is 3.92. The van der Waals surface area contributed by atoms with E-state index in [1.807, 2.05) is 12.1 Å². The van der Waals surface area contributed by atoms with Gasteiger partial charge in [0.15, 0.2) is 11.5 Å². The van der Waals surface area contributed by atoms with Crippen molar-refractivity contribution in [1.29, 1.82) is 0 Å². The zero-order valence-electron chi connectivity index (χ0n) is 15.9. The molecular formula is C22H17NO5S2. The van der Waals surface area contributed by atoms with Crippen LogP contribution in [-0.4, -0.2) is 29.5 Å². The summed E-state index contributed by atoms with van der Waals surface area (Å²) in [5, 5.41) is 0. The summed E-state index contributed by atoms with van der Waals surface area (Å²) in [6.07, 6.45) is 1.03. The average Bonchev–Trinajstić information content (AvgIpc) is 2.99. The maximum atomic E-state index is 13.2. The number of sulfonamides is 1. The quantitative estimate of drug-likeness (QED) is 0.614. The van der Waals surface area contributed by atoms with Crippen LogP contribution < -0.4 is 9.46 Å². The molecule has 0 spiro atoms. The van der Waals surface area contributed by atoms with Crippen molar-refractivity contribution in [3.05, 3.63) is 89.5 Å². The Hall–Kier alpha value is -3.23. The molecular weight excluding hydrogens is 422 g/mol. The van der Waals surface area contributed by atoms with Crippen molar-refractivity contribution in [3.63, 3.8) is 0 Å². The Labute approximate surface area is 177 Å². The van der Waals surface area contributed by atoms with E-state index < -0.39 is 15.9 Å². The Morgan fingerprint density at radius 2 is 1.57 bits per heavy atom. The summed E-state index contributed by atoms with van der Waals surface area (Å²) in [4.78, 5) is 13.5. The molecule has 0 bridgehead atoms. The molecule has 8 heteroatoms. The molecule has 1 N–H and O–H groups in total. The van der Waals surface area contributed by atoms with E-state index in [-0.39, 0.29) is 28.5 Å². The van der Waals surface area contributed by atoms with Crippen molar-refractivity contribution >= 4 is 37.6 Å². The molecule has 0 saturated carbocycles. The Bertz CT molecular complexity index is 1280. The molecule has 0 amide bonds. The summed E-state index contributed by atoms with van der Waals surface area (Å²) in [7, 11) is -3.62. The highest BCUT2D eigenvalue weighted by molar-refractivity contribution is 7.92. The fourth-order valence-electron chi connectivity index (χ4n) is 3.44. The van der Waals surface area contributed by atoms with Gasteiger partial charge in [-0.2, -0.15) is 0 Å². The monoisotopic (exact) mass is 439 g/mol. The van der Waals surface area contributed by atoms with Crippen LogP contribution in [0.25, 0.3) is 0 Å². The number of anilines is 1. The van der Waals surface area contributed by atoms with Gasteiger partial charge in [0, 0.05) is 11.1 Å². The first-order valence-corrected chi connectivity index (χ1v) is 11.7. The minimum Gasteiger partial charge on any atom is -0.455 e. The molecule has 1 aliphatic rings. The molecule has 0 saturated heterocycles. The number of carbonyl (C=O) groups is 1. The number of para-hydroxylation sites is 1. The van der Waals surface area contributed by atoms with Gasteiger partial charge in [-0.1, -0.05) is 48.5 Å². The van der Waals surface area contributed by atoms with E-state index in [2.05, 4.69) is 4.72 Å². The number of Topliss-reactive ketones (excluding diaryl/α,β-unsaturated/α-hetero) is 1. The van der Waals surface area contributed by atoms with Gasteiger partial charge in [-0.25, -0.2) is 12.6 Å². The molecule has 1 atom stereocenters. The highest BCUT2D eigenvalue weighted by Gasteiger charge is 2.38. The minimum absolute atomic E-state index is 0.160. The van der Waals surface area contributed by atoms with Crippen LogP contribution in [0, 0.1) is 0 Å². The van der Waals surface area contributed by atoms with E-state index in [4.69, 9.17) is 4.74 Å². The maximum Gasteiger partial charge on any atom is 0.229 e. The van der Waals surface area contributed by atoms with E-state index >= 15 is 0 Å². The van der Waals surface area contributed by atoms with Crippen molar-refractivity contribution in [3.8, 4) is 11.5 Å². The standard InChI is InChI=1S/C22H17NO5S2/c1-30(26,27)23-18-12-17-16(13-19(18)28-15-10-6-3-7-11-15)21(24)20(22(17)29-25)14-8-4-2-5-9-14/h2-13,20,23H,1H3. The van der Waals surface area contributed by atoms with E-state index in [1.165, 1.54) is 12.1 Å². The Morgan fingerprint density at radius 1 is 0.933 bits per heavy atom. The second kappa shape index (κ2) is 7.89. The zero-order chi connectivity index (χ0) is 21.3. The zero-order valence-corrected chi connectivity index (χ0v) is 17.5. The maximum absolute atomic E-state index is 13.2. The number of ether oxygens (including phenoxy) is 1. The van der Waals surface area contributed by atoms with Crippen LogP contribution in [0.15, 0.2) is 72.8 Å². The number of ketones is 1. The van der Waals surface area contributed by atoms with E-state index in [0.29, 0.717) is 27.3 Å². The molecule has 0 fully saturated rings. The number of fused-ring (bicyclic) bond motifs is 1. The molecule has 0 aromatic heterocycles. The van der Waals surface area contributed by atoms with Gasteiger partial charge in [0.2, 0.25) is 10.0 Å². The molecule has 0 radical (unpaired) electrons. The van der Waals surface area contributed by atoms with Crippen molar-refractivity contribution in [2.24, 2.45) is 0 Å². The molecule has 3 aromatic rings. The lowest BCUT2D eigenvalue weighted by atomic mass is 9.95. The number of rotatable bonds is 5. The lowest BCUT2D eigenvalue weighted by Crippen LogP contribution is -2.13. The van der Waals surface area contributed by atoms with Crippen LogP contribution in [0.3, 0.4) is 0 Å². The third-order valence-electron chi connectivity index (χ3n) is 4.66. The molecule has 30 heavy (non-hydrogen) atoms. The highest BCUT2D eigenvalue weighted by Crippen LogP contribution is 2.41. The molecule has 0 heterocycles. The van der Waals surface area contributed by atoms with Crippen molar-refractivity contribution in [2.75, 3.05) is 11.0 Å². The fraction of sp³-hybridized carbons (Fsp3) is 0.0909. The van der Waals surface area contributed by atoms with Gasteiger partial charge in [0.25, 0.3) is 0 Å². The van der Waals surface area contributed by atoms with Crippen molar-refractivity contribution in [1.82, 2.24) is 0 Å². The largest absolute Gasteiger partial charge is 0.455 e. The fourth-order valence-corrected chi connectivity index (χ4v) is 4.60. The Balaban J connectivity index is 1.87. The first-order chi connectivity index (χ1) is 14.4. The van der Waals surface area contributed by atoms with Crippen LogP contribution >= 0.6 is 0 Å². The van der Waals surface area contributed by atoms with Gasteiger partial charge in [-0.3, -0.25) is 9.52 Å². The normalized spacial score (nSPS) is 15.6. The van der Waals surface area contributed by atoms with Gasteiger partial charge in [0.05, 0.1) is 34.0 Å². The van der Waals surface area contributed by atoms with E-state index in [0.717, 1.165) is 6.26 Å². The second-order valence-corrected chi connectivity index (χ2v) is 9.19. The summed E-state index contributed by atoms with van der Waals surface area (Å²) >= 11 is 0.246. The number of carbonyl (C=O) groups excluding carboxylic acids is 1. The first kappa shape index (κ1) is 20.1. The molecule has 0 aliphatic heterocycles. The van der Waals surface area contributed by atoms with E-state index in [9.17, 15) is 17.4 Å². The first-order valence-electron chi connectivity index (χ1n) is 9.02. The molecule has 4 rings (SSSR count). The van der Waals surface area contributed by atoms with Crippen LogP contribution in [0.5, 0.6) is 11.5 Å². The topological polar surface area (TPSA) is 89.5 Å². The molecule has 3 aromatic carbocycles. The number of hydrogen-bond donors (Lipinski definition) is 1. The number of nitrogens with one attached hydrogen (secondary N) is 1. The van der Waals surface area contributed by atoms with Crippen molar-refractivity contribution in [2.45, 2.75) is 5.92 Å². The smallest absolute Gasteiger partial charge is 0.229 e. The summed E-state index contributed by atoms with van der Waals surface area (Å²) in [6.45, 7) is 0. The molecule has 152 valence electrons. The summed E-state index contributed by atoms with van der Waals surface area (Å²) in [5.74, 6) is -0.274. The number of benzene rings is 3. The van der Waals surface area contributed by atoms with Crippen LogP contribution in [0.2, 0.25) is 0 Å². The predicted molar refractivity (Wildman–Crippen MR) is 117 cm³/mol. The molecule has 1 aliphatic carbocycles. The van der Waals surface area contributed by atoms with Gasteiger partial charge in [-0.05, 0) is 29.8 Å². The predicted octanol–water partition coefficient (Wildman–Crippen LogP) is 3.56.